The Bertz CT molecular complexity index is 621. The van der Waals surface area contributed by atoms with Crippen molar-refractivity contribution in [2.24, 2.45) is 5.73 Å². The van der Waals surface area contributed by atoms with Gasteiger partial charge in [0.1, 0.15) is 11.9 Å². The van der Waals surface area contributed by atoms with Crippen LogP contribution in [0.2, 0.25) is 0 Å². The van der Waals surface area contributed by atoms with Crippen LogP contribution < -0.4 is 11.1 Å². The van der Waals surface area contributed by atoms with Crippen LogP contribution in [-0.2, 0) is 25.6 Å². The number of ether oxygens (including phenoxy) is 2. The molecule has 0 aliphatic carbocycles. The first kappa shape index (κ1) is 20.6. The quantitative estimate of drug-likeness (QED) is 0.647. The van der Waals surface area contributed by atoms with Gasteiger partial charge in [-0.25, -0.2) is 9.18 Å². The van der Waals surface area contributed by atoms with E-state index in [9.17, 15) is 18.8 Å². The Morgan fingerprint density at radius 3 is 2.44 bits per heavy atom. The minimum atomic E-state index is -1.03. The van der Waals surface area contributed by atoms with Crippen LogP contribution in [0.3, 0.4) is 0 Å². The zero-order valence-corrected chi connectivity index (χ0v) is 14.3. The molecule has 1 aromatic carbocycles. The van der Waals surface area contributed by atoms with Gasteiger partial charge in [0, 0.05) is 24.1 Å². The molecule has 0 aliphatic rings. The molecule has 25 heavy (non-hydrogen) atoms. The monoisotopic (exact) mass is 354 g/mol. The molecule has 1 amide bonds. The van der Waals surface area contributed by atoms with Crippen molar-refractivity contribution in [2.45, 2.75) is 39.3 Å². The summed E-state index contributed by atoms with van der Waals surface area (Å²) in [5.74, 6) is -2.40. The van der Waals surface area contributed by atoms with E-state index in [1.165, 1.54) is 12.1 Å². The molecule has 1 aromatic rings. The van der Waals surface area contributed by atoms with Crippen LogP contribution >= 0.6 is 0 Å². The van der Waals surface area contributed by atoms with E-state index in [4.69, 9.17) is 15.2 Å². The van der Waals surface area contributed by atoms with Crippen molar-refractivity contribution in [1.82, 2.24) is 5.32 Å². The Hall–Kier alpha value is -2.48. The first-order valence-electron chi connectivity index (χ1n) is 8.04. The molecule has 1 atom stereocenters. The number of hydrogen-bond acceptors (Lipinski definition) is 6. The van der Waals surface area contributed by atoms with Gasteiger partial charge in [-0.2, -0.15) is 0 Å². The predicted molar refractivity (Wildman–Crippen MR) is 88.0 cm³/mol. The maximum absolute atomic E-state index is 13.8. The summed E-state index contributed by atoms with van der Waals surface area (Å²) in [6, 6.07) is 2.83. The summed E-state index contributed by atoms with van der Waals surface area (Å²) in [5, 5.41) is 2.46. The molecule has 0 heterocycles. The van der Waals surface area contributed by atoms with E-state index in [0.29, 0.717) is 0 Å². The maximum atomic E-state index is 13.8. The summed E-state index contributed by atoms with van der Waals surface area (Å²) in [5.41, 5.74) is 5.70. The van der Waals surface area contributed by atoms with E-state index in [2.05, 4.69) is 5.32 Å². The first-order valence-corrected chi connectivity index (χ1v) is 8.04. The SMILES string of the molecule is CCOC(=O)CCC(NC(=O)c1ccc(CN)c(F)c1)C(=O)OCC. The van der Waals surface area contributed by atoms with Crippen LogP contribution in [0.1, 0.15) is 42.6 Å². The standard InChI is InChI=1S/C17H23FN2O5/c1-3-24-15(21)8-7-14(17(23)25-4-2)20-16(22)11-5-6-12(10-19)13(18)9-11/h5-6,9,14H,3-4,7-8,10,19H2,1-2H3,(H,20,22). The van der Waals surface area contributed by atoms with E-state index in [-0.39, 0.29) is 43.7 Å². The van der Waals surface area contributed by atoms with Gasteiger partial charge in [-0.3, -0.25) is 9.59 Å². The van der Waals surface area contributed by atoms with Crippen LogP contribution in [0.25, 0.3) is 0 Å². The minimum absolute atomic E-state index is 0.0126. The Labute approximate surface area is 145 Å². The molecule has 0 aromatic heterocycles. The van der Waals surface area contributed by atoms with Crippen molar-refractivity contribution in [3.8, 4) is 0 Å². The van der Waals surface area contributed by atoms with Crippen molar-refractivity contribution in [3.63, 3.8) is 0 Å². The van der Waals surface area contributed by atoms with E-state index in [0.717, 1.165) is 6.07 Å². The second-order valence-corrected chi connectivity index (χ2v) is 5.13. The topological polar surface area (TPSA) is 108 Å². The van der Waals surface area contributed by atoms with E-state index >= 15 is 0 Å². The molecule has 8 heteroatoms. The fourth-order valence-electron chi connectivity index (χ4n) is 2.08. The van der Waals surface area contributed by atoms with Gasteiger partial charge in [0.2, 0.25) is 0 Å². The highest BCUT2D eigenvalue weighted by Gasteiger charge is 2.24. The molecule has 0 radical (unpaired) electrons. The summed E-state index contributed by atoms with van der Waals surface area (Å²) in [7, 11) is 0. The van der Waals surface area contributed by atoms with Gasteiger partial charge >= 0.3 is 11.9 Å². The number of nitrogens with one attached hydrogen (secondary N) is 1. The van der Waals surface area contributed by atoms with Crippen molar-refractivity contribution >= 4 is 17.8 Å². The van der Waals surface area contributed by atoms with Crippen LogP contribution in [0.15, 0.2) is 18.2 Å². The number of benzene rings is 1. The number of halogens is 1. The maximum Gasteiger partial charge on any atom is 0.328 e. The molecule has 1 unspecified atom stereocenters. The molecule has 0 fully saturated rings. The third kappa shape index (κ3) is 6.50. The Balaban J connectivity index is 2.81. The number of rotatable bonds is 9. The molecule has 0 aliphatic heterocycles. The van der Waals surface area contributed by atoms with Gasteiger partial charge in [-0.05, 0) is 32.4 Å². The van der Waals surface area contributed by atoms with Gasteiger partial charge in [0.15, 0.2) is 0 Å². The van der Waals surface area contributed by atoms with Crippen LogP contribution in [0.4, 0.5) is 4.39 Å². The lowest BCUT2D eigenvalue weighted by Gasteiger charge is -2.17. The van der Waals surface area contributed by atoms with Gasteiger partial charge in [0.25, 0.3) is 5.91 Å². The van der Waals surface area contributed by atoms with Crippen molar-refractivity contribution in [3.05, 3.63) is 35.1 Å². The van der Waals surface area contributed by atoms with Gasteiger partial charge in [-0.15, -0.1) is 0 Å². The molecule has 0 saturated heterocycles. The molecule has 138 valence electrons. The number of amides is 1. The normalized spacial score (nSPS) is 11.5. The average molecular weight is 354 g/mol. The lowest BCUT2D eigenvalue weighted by molar-refractivity contribution is -0.146. The molecular formula is C17H23FN2O5. The Kier molecular flexibility index (Phi) is 8.55. The molecule has 1 rings (SSSR count). The summed E-state index contributed by atoms with van der Waals surface area (Å²) < 4.78 is 23.4. The summed E-state index contributed by atoms with van der Waals surface area (Å²) >= 11 is 0. The zero-order valence-electron chi connectivity index (χ0n) is 14.3. The Morgan fingerprint density at radius 1 is 1.20 bits per heavy atom. The first-order chi connectivity index (χ1) is 11.9. The van der Waals surface area contributed by atoms with Crippen molar-refractivity contribution in [1.29, 1.82) is 0 Å². The number of nitrogens with two attached hydrogens (primary N) is 1. The Morgan fingerprint density at radius 2 is 1.88 bits per heavy atom. The highest BCUT2D eigenvalue weighted by atomic mass is 19.1. The van der Waals surface area contributed by atoms with Gasteiger partial charge < -0.3 is 20.5 Å². The molecule has 0 bridgehead atoms. The second-order valence-electron chi connectivity index (χ2n) is 5.13. The van der Waals surface area contributed by atoms with E-state index < -0.39 is 29.7 Å². The molecule has 0 spiro atoms. The van der Waals surface area contributed by atoms with Gasteiger partial charge in [0.05, 0.1) is 13.2 Å². The highest BCUT2D eigenvalue weighted by Crippen LogP contribution is 2.11. The number of carbonyl (C=O) groups is 3. The van der Waals surface area contributed by atoms with Crippen molar-refractivity contribution in [2.75, 3.05) is 13.2 Å². The smallest absolute Gasteiger partial charge is 0.328 e. The fraction of sp³-hybridized carbons (Fsp3) is 0.471. The molecule has 3 N–H and O–H groups in total. The molecular weight excluding hydrogens is 331 g/mol. The van der Waals surface area contributed by atoms with Crippen molar-refractivity contribution < 1.29 is 28.2 Å². The summed E-state index contributed by atoms with van der Waals surface area (Å²) in [6.45, 7) is 3.66. The average Bonchev–Trinajstić information content (AvgIpc) is 2.58. The zero-order chi connectivity index (χ0) is 18.8. The van der Waals surface area contributed by atoms with Gasteiger partial charge in [-0.1, -0.05) is 6.07 Å². The third-order valence-corrected chi connectivity index (χ3v) is 3.35. The lowest BCUT2D eigenvalue weighted by atomic mass is 10.1. The molecule has 7 nitrogen and oxygen atoms in total. The fourth-order valence-corrected chi connectivity index (χ4v) is 2.08. The highest BCUT2D eigenvalue weighted by molar-refractivity contribution is 5.96. The largest absolute Gasteiger partial charge is 0.466 e. The van der Waals surface area contributed by atoms with Crippen LogP contribution in [0.5, 0.6) is 0 Å². The third-order valence-electron chi connectivity index (χ3n) is 3.35. The number of esters is 2. The van der Waals surface area contributed by atoms with Crippen LogP contribution in [0, 0.1) is 5.82 Å². The predicted octanol–water partition coefficient (Wildman–Crippen LogP) is 1.29. The minimum Gasteiger partial charge on any atom is -0.466 e. The molecule has 0 saturated carbocycles. The number of carbonyl (C=O) groups excluding carboxylic acids is 3. The second kappa shape index (κ2) is 10.4. The van der Waals surface area contributed by atoms with E-state index in [1.54, 1.807) is 13.8 Å². The summed E-state index contributed by atoms with van der Waals surface area (Å²) in [4.78, 5) is 35.7. The summed E-state index contributed by atoms with van der Waals surface area (Å²) in [6.07, 6.45) is -0.0369. The lowest BCUT2D eigenvalue weighted by Crippen LogP contribution is -2.42. The number of hydrogen-bond donors (Lipinski definition) is 2. The van der Waals surface area contributed by atoms with Crippen LogP contribution in [-0.4, -0.2) is 37.1 Å². The van der Waals surface area contributed by atoms with E-state index in [1.807, 2.05) is 0 Å².